The number of urea groups is 1. The quantitative estimate of drug-likeness (QED) is 0.538. The molecule has 24 heavy (non-hydrogen) atoms. The summed E-state index contributed by atoms with van der Waals surface area (Å²) in [5, 5.41) is 16.1. The second-order valence-electron chi connectivity index (χ2n) is 5.59. The van der Waals surface area contributed by atoms with Gasteiger partial charge in [-0.25, -0.2) is 14.4 Å². The predicted octanol–water partition coefficient (Wildman–Crippen LogP) is 1.67. The number of carbonyl (C=O) groups excluding carboxylic acids is 2. The first-order chi connectivity index (χ1) is 11.4. The largest absolute Gasteiger partial charge is 0.480 e. The van der Waals surface area contributed by atoms with Crippen molar-refractivity contribution in [3.05, 3.63) is 35.9 Å². The van der Waals surface area contributed by atoms with Gasteiger partial charge in [0, 0.05) is 0 Å². The van der Waals surface area contributed by atoms with Crippen molar-refractivity contribution in [2.75, 3.05) is 6.67 Å². The molecule has 4 N–H and O–H groups in total. The molecule has 3 amide bonds. The number of carboxylic acids is 1. The van der Waals surface area contributed by atoms with Gasteiger partial charge >= 0.3 is 18.1 Å². The van der Waals surface area contributed by atoms with Crippen molar-refractivity contribution in [1.82, 2.24) is 16.0 Å². The number of aliphatic carboxylic acids is 1. The molecule has 0 heterocycles. The number of ether oxygens (including phenoxy) is 1. The van der Waals surface area contributed by atoms with E-state index in [9.17, 15) is 14.4 Å². The summed E-state index contributed by atoms with van der Waals surface area (Å²) in [7, 11) is 0. The van der Waals surface area contributed by atoms with E-state index in [2.05, 4.69) is 16.0 Å². The number of alkyl carbamates (subject to hydrolysis) is 1. The van der Waals surface area contributed by atoms with Crippen LogP contribution in [0.2, 0.25) is 0 Å². The molecule has 0 radical (unpaired) electrons. The lowest BCUT2D eigenvalue weighted by atomic mass is 10.0. The Balaban J connectivity index is 2.24. The van der Waals surface area contributed by atoms with Gasteiger partial charge in [0.1, 0.15) is 12.6 Å². The minimum atomic E-state index is -1.10. The van der Waals surface area contributed by atoms with E-state index in [1.54, 1.807) is 0 Å². The molecular formula is C16H23N3O5. The maximum absolute atomic E-state index is 11.6. The first kappa shape index (κ1) is 19.3. The van der Waals surface area contributed by atoms with Gasteiger partial charge in [-0.05, 0) is 17.9 Å². The number of benzene rings is 1. The minimum absolute atomic E-state index is 0.119. The molecule has 0 bridgehead atoms. The Morgan fingerprint density at radius 2 is 1.79 bits per heavy atom. The fourth-order valence-electron chi connectivity index (χ4n) is 1.87. The summed E-state index contributed by atoms with van der Waals surface area (Å²) >= 11 is 0. The highest BCUT2D eigenvalue weighted by atomic mass is 16.5. The molecule has 1 unspecified atom stereocenters. The van der Waals surface area contributed by atoms with Crippen molar-refractivity contribution < 1.29 is 24.2 Å². The van der Waals surface area contributed by atoms with E-state index < -0.39 is 24.1 Å². The van der Waals surface area contributed by atoms with Gasteiger partial charge in [0.2, 0.25) is 0 Å². The zero-order valence-electron chi connectivity index (χ0n) is 13.7. The number of rotatable bonds is 8. The summed E-state index contributed by atoms with van der Waals surface area (Å²) in [6.07, 6.45) is -0.369. The molecule has 1 aromatic rings. The molecular weight excluding hydrogens is 314 g/mol. The standard InChI is InChI=1S/C16H23N3O5/c1-11(2)8-13(14(20)21)19-15(22)17-10-18-16(23)24-9-12-6-4-3-5-7-12/h3-7,11,13H,8-10H2,1-2H3,(H,18,23)(H,20,21)(H2,17,19,22). The molecule has 0 fully saturated rings. The Bertz CT molecular complexity index is 548. The maximum Gasteiger partial charge on any atom is 0.408 e. The number of carbonyl (C=O) groups is 3. The monoisotopic (exact) mass is 337 g/mol. The third kappa shape index (κ3) is 8.02. The summed E-state index contributed by atoms with van der Waals surface area (Å²) in [5.74, 6) is -0.980. The normalized spacial score (nSPS) is 11.5. The molecule has 132 valence electrons. The lowest BCUT2D eigenvalue weighted by Gasteiger charge is -2.17. The van der Waals surface area contributed by atoms with Gasteiger partial charge in [-0.2, -0.15) is 0 Å². The summed E-state index contributed by atoms with van der Waals surface area (Å²) in [6, 6.07) is 7.51. The van der Waals surface area contributed by atoms with E-state index in [4.69, 9.17) is 9.84 Å². The lowest BCUT2D eigenvalue weighted by molar-refractivity contribution is -0.139. The molecule has 0 aliphatic carbocycles. The molecule has 1 aromatic carbocycles. The molecule has 8 nitrogen and oxygen atoms in total. The summed E-state index contributed by atoms with van der Waals surface area (Å²) in [6.45, 7) is 3.67. The Morgan fingerprint density at radius 1 is 1.12 bits per heavy atom. The summed E-state index contributed by atoms with van der Waals surface area (Å²) in [4.78, 5) is 34.1. The number of carboxylic acid groups (broad SMARTS) is 1. The van der Waals surface area contributed by atoms with Crippen molar-refractivity contribution >= 4 is 18.1 Å². The smallest absolute Gasteiger partial charge is 0.408 e. The highest BCUT2D eigenvalue weighted by Gasteiger charge is 2.20. The second kappa shape index (κ2) is 10.1. The van der Waals surface area contributed by atoms with Gasteiger partial charge in [0.25, 0.3) is 0 Å². The molecule has 0 saturated carbocycles. The maximum atomic E-state index is 11.6. The van der Waals surface area contributed by atoms with Crippen molar-refractivity contribution in [2.24, 2.45) is 5.92 Å². The molecule has 0 spiro atoms. The van der Waals surface area contributed by atoms with E-state index in [0.29, 0.717) is 6.42 Å². The van der Waals surface area contributed by atoms with Crippen LogP contribution in [0, 0.1) is 5.92 Å². The van der Waals surface area contributed by atoms with Gasteiger partial charge in [0.05, 0.1) is 6.67 Å². The molecule has 0 saturated heterocycles. The Labute approximate surface area is 140 Å². The van der Waals surface area contributed by atoms with Gasteiger partial charge in [0.15, 0.2) is 0 Å². The topological polar surface area (TPSA) is 117 Å². The van der Waals surface area contributed by atoms with Crippen LogP contribution in [0.1, 0.15) is 25.8 Å². The average molecular weight is 337 g/mol. The van der Waals surface area contributed by atoms with Crippen LogP contribution in [0.15, 0.2) is 30.3 Å². The fraction of sp³-hybridized carbons (Fsp3) is 0.438. The van der Waals surface area contributed by atoms with Crippen LogP contribution in [0.25, 0.3) is 0 Å². The SMILES string of the molecule is CC(C)CC(NC(=O)NCNC(=O)OCc1ccccc1)C(=O)O. The van der Waals surface area contributed by atoms with E-state index in [-0.39, 0.29) is 19.2 Å². The van der Waals surface area contributed by atoms with Crippen LogP contribution in [-0.2, 0) is 16.1 Å². The molecule has 0 aliphatic rings. The lowest BCUT2D eigenvalue weighted by Crippen LogP contribution is -2.49. The van der Waals surface area contributed by atoms with Gasteiger partial charge in [-0.3, -0.25) is 0 Å². The van der Waals surface area contributed by atoms with Gasteiger partial charge in [-0.15, -0.1) is 0 Å². The molecule has 8 heteroatoms. The average Bonchev–Trinajstić information content (AvgIpc) is 2.52. The van der Waals surface area contributed by atoms with Crippen molar-refractivity contribution in [3.63, 3.8) is 0 Å². The number of hydrogen-bond acceptors (Lipinski definition) is 4. The molecule has 0 aromatic heterocycles. The van der Waals surface area contributed by atoms with E-state index in [0.717, 1.165) is 5.56 Å². The van der Waals surface area contributed by atoms with E-state index >= 15 is 0 Å². The van der Waals surface area contributed by atoms with Crippen LogP contribution in [0.4, 0.5) is 9.59 Å². The predicted molar refractivity (Wildman–Crippen MR) is 87.2 cm³/mol. The first-order valence-electron chi connectivity index (χ1n) is 7.60. The summed E-state index contributed by atoms with van der Waals surface area (Å²) < 4.78 is 4.97. The Hall–Kier alpha value is -2.77. The van der Waals surface area contributed by atoms with Crippen LogP contribution >= 0.6 is 0 Å². The Kier molecular flexibility index (Phi) is 8.10. The van der Waals surface area contributed by atoms with Crippen LogP contribution in [0.5, 0.6) is 0 Å². The third-order valence-corrected chi connectivity index (χ3v) is 3.00. The van der Waals surface area contributed by atoms with Crippen molar-refractivity contribution in [2.45, 2.75) is 32.9 Å². The molecule has 1 atom stereocenters. The zero-order valence-corrected chi connectivity index (χ0v) is 13.7. The zero-order chi connectivity index (χ0) is 17.9. The van der Waals surface area contributed by atoms with Gasteiger partial charge < -0.3 is 25.8 Å². The highest BCUT2D eigenvalue weighted by Crippen LogP contribution is 2.04. The van der Waals surface area contributed by atoms with E-state index in [1.807, 2.05) is 44.2 Å². The van der Waals surface area contributed by atoms with Crippen LogP contribution in [0.3, 0.4) is 0 Å². The highest BCUT2D eigenvalue weighted by molar-refractivity contribution is 5.82. The van der Waals surface area contributed by atoms with E-state index in [1.165, 1.54) is 0 Å². The van der Waals surface area contributed by atoms with Crippen LogP contribution in [-0.4, -0.2) is 35.9 Å². The second-order valence-corrected chi connectivity index (χ2v) is 5.59. The van der Waals surface area contributed by atoms with Gasteiger partial charge in [-0.1, -0.05) is 44.2 Å². The van der Waals surface area contributed by atoms with Crippen LogP contribution < -0.4 is 16.0 Å². The molecule has 0 aliphatic heterocycles. The number of hydrogen-bond donors (Lipinski definition) is 4. The van der Waals surface area contributed by atoms with Crippen molar-refractivity contribution in [3.8, 4) is 0 Å². The number of nitrogens with one attached hydrogen (secondary N) is 3. The number of amides is 3. The first-order valence-corrected chi connectivity index (χ1v) is 7.60. The Morgan fingerprint density at radius 3 is 2.38 bits per heavy atom. The summed E-state index contributed by atoms with van der Waals surface area (Å²) in [5.41, 5.74) is 0.844. The fourth-order valence-corrected chi connectivity index (χ4v) is 1.87. The van der Waals surface area contributed by atoms with Crippen molar-refractivity contribution in [1.29, 1.82) is 0 Å². The third-order valence-electron chi connectivity index (χ3n) is 3.00. The molecule has 1 rings (SSSR count). The minimum Gasteiger partial charge on any atom is -0.480 e.